The van der Waals surface area contributed by atoms with Crippen molar-refractivity contribution in [3.05, 3.63) is 0 Å². The van der Waals surface area contributed by atoms with Gasteiger partial charge < -0.3 is 4.74 Å². The molecule has 0 spiro atoms. The summed E-state index contributed by atoms with van der Waals surface area (Å²) < 4.78 is 5.43. The van der Waals surface area contributed by atoms with Crippen molar-refractivity contribution in [3.63, 3.8) is 0 Å². The minimum Gasteiger partial charge on any atom is -0.367 e. The fourth-order valence-electron chi connectivity index (χ4n) is 1.91. The summed E-state index contributed by atoms with van der Waals surface area (Å²) >= 11 is 0. The minimum atomic E-state index is -0.363. The Bertz CT molecular complexity index is 176. The molecule has 0 bridgehead atoms. The van der Waals surface area contributed by atoms with Gasteiger partial charge in [-0.1, -0.05) is 0 Å². The fourth-order valence-corrected chi connectivity index (χ4v) is 1.91. The molecule has 0 aromatic rings. The molecule has 1 saturated heterocycles. The normalized spacial score (nSPS) is 46.1. The number of carbonyl (C=O) groups is 1. The van der Waals surface area contributed by atoms with Crippen LogP contribution in [0.25, 0.3) is 0 Å². The predicted molar refractivity (Wildman–Crippen MR) is 36.7 cm³/mol. The molecule has 2 aliphatic rings. The molecule has 2 fully saturated rings. The Morgan fingerprint density at radius 3 is 3.00 bits per heavy atom. The molecule has 2 rings (SSSR count). The van der Waals surface area contributed by atoms with Crippen LogP contribution < -0.4 is 0 Å². The third-order valence-corrected chi connectivity index (χ3v) is 2.86. The van der Waals surface area contributed by atoms with Crippen LogP contribution in [0.4, 0.5) is 0 Å². The average Bonchev–Trinajstić information content (AvgIpc) is 1.93. The lowest BCUT2D eigenvalue weighted by molar-refractivity contribution is -0.182. The van der Waals surface area contributed by atoms with Gasteiger partial charge in [0.15, 0.2) is 5.78 Å². The quantitative estimate of drug-likeness (QED) is 0.504. The van der Waals surface area contributed by atoms with E-state index in [-0.39, 0.29) is 5.60 Å². The molecule has 2 atom stereocenters. The number of Topliss-reactive ketones (excluding diaryl/α,β-unsaturated/α-hetero) is 1. The van der Waals surface area contributed by atoms with Crippen molar-refractivity contribution in [2.24, 2.45) is 5.92 Å². The molecule has 1 aliphatic carbocycles. The first kappa shape index (κ1) is 6.35. The van der Waals surface area contributed by atoms with E-state index in [4.69, 9.17) is 4.74 Å². The molecule has 0 N–H and O–H groups in total. The number of carbonyl (C=O) groups excluding carboxylic acids is 1. The third kappa shape index (κ3) is 0.601. The maximum atomic E-state index is 11.1. The number of rotatable bonds is 0. The van der Waals surface area contributed by atoms with Crippen LogP contribution in [0.1, 0.15) is 26.2 Å². The van der Waals surface area contributed by atoms with Gasteiger partial charge in [0.05, 0.1) is 0 Å². The van der Waals surface area contributed by atoms with E-state index in [0.29, 0.717) is 11.7 Å². The number of fused-ring (bicyclic) bond motifs is 1. The highest BCUT2D eigenvalue weighted by Gasteiger charge is 2.53. The SMILES string of the molecule is C[C@@]12OCCC[C@@H]1CC2=O. The zero-order valence-electron chi connectivity index (χ0n) is 6.22. The van der Waals surface area contributed by atoms with Crippen LogP contribution in [-0.2, 0) is 9.53 Å². The monoisotopic (exact) mass is 140 g/mol. The Labute approximate surface area is 60.6 Å². The van der Waals surface area contributed by atoms with Gasteiger partial charge in [0, 0.05) is 18.9 Å². The molecule has 1 saturated carbocycles. The van der Waals surface area contributed by atoms with Gasteiger partial charge in [-0.15, -0.1) is 0 Å². The van der Waals surface area contributed by atoms with Crippen molar-refractivity contribution >= 4 is 5.78 Å². The predicted octanol–water partition coefficient (Wildman–Crippen LogP) is 1.14. The summed E-state index contributed by atoms with van der Waals surface area (Å²) in [5.41, 5.74) is -0.363. The van der Waals surface area contributed by atoms with Crippen molar-refractivity contribution in [1.82, 2.24) is 0 Å². The first-order valence-corrected chi connectivity index (χ1v) is 3.91. The van der Waals surface area contributed by atoms with Gasteiger partial charge in [-0.25, -0.2) is 0 Å². The second-order valence-corrected chi connectivity index (χ2v) is 3.42. The first-order chi connectivity index (χ1) is 4.73. The molecular weight excluding hydrogens is 128 g/mol. The van der Waals surface area contributed by atoms with Crippen molar-refractivity contribution < 1.29 is 9.53 Å². The van der Waals surface area contributed by atoms with Crippen molar-refractivity contribution in [3.8, 4) is 0 Å². The topological polar surface area (TPSA) is 26.3 Å². The molecule has 0 aromatic carbocycles. The van der Waals surface area contributed by atoms with Gasteiger partial charge in [0.25, 0.3) is 0 Å². The molecule has 1 heterocycles. The van der Waals surface area contributed by atoms with Crippen LogP contribution in [0.15, 0.2) is 0 Å². The van der Waals surface area contributed by atoms with Crippen molar-refractivity contribution in [2.45, 2.75) is 31.8 Å². The number of hydrogen-bond donors (Lipinski definition) is 0. The van der Waals surface area contributed by atoms with Gasteiger partial charge in [0.2, 0.25) is 0 Å². The second-order valence-electron chi connectivity index (χ2n) is 3.42. The van der Waals surface area contributed by atoms with Crippen molar-refractivity contribution in [1.29, 1.82) is 0 Å². The van der Waals surface area contributed by atoms with E-state index in [1.165, 1.54) is 6.42 Å². The zero-order valence-corrected chi connectivity index (χ0v) is 6.22. The first-order valence-electron chi connectivity index (χ1n) is 3.91. The minimum absolute atomic E-state index is 0.303. The summed E-state index contributed by atoms with van der Waals surface area (Å²) in [6.07, 6.45) is 3.08. The van der Waals surface area contributed by atoms with E-state index in [9.17, 15) is 4.79 Å². The maximum absolute atomic E-state index is 11.1. The summed E-state index contributed by atoms with van der Waals surface area (Å²) in [5.74, 6) is 0.839. The molecule has 0 radical (unpaired) electrons. The maximum Gasteiger partial charge on any atom is 0.165 e. The fraction of sp³-hybridized carbons (Fsp3) is 0.875. The van der Waals surface area contributed by atoms with Gasteiger partial charge in [-0.2, -0.15) is 0 Å². The molecule has 2 nitrogen and oxygen atoms in total. The smallest absolute Gasteiger partial charge is 0.165 e. The van der Waals surface area contributed by atoms with Gasteiger partial charge in [0.1, 0.15) is 5.60 Å². The van der Waals surface area contributed by atoms with E-state index in [1.54, 1.807) is 0 Å². The standard InChI is InChI=1S/C8H12O2/c1-8-6(5-7(8)9)3-2-4-10-8/h6H,2-5H2,1H3/t6-,8-/m1/s1. The Balaban J connectivity index is 2.15. The molecule has 0 amide bonds. The van der Waals surface area contributed by atoms with Crippen LogP contribution in [0.3, 0.4) is 0 Å². The van der Waals surface area contributed by atoms with E-state index in [0.717, 1.165) is 19.4 Å². The summed E-state index contributed by atoms with van der Waals surface area (Å²) in [6, 6.07) is 0. The molecule has 0 unspecified atom stereocenters. The van der Waals surface area contributed by atoms with Crippen molar-refractivity contribution in [2.75, 3.05) is 6.61 Å². The van der Waals surface area contributed by atoms with E-state index in [2.05, 4.69) is 0 Å². The molecular formula is C8H12O2. The Kier molecular flexibility index (Phi) is 1.15. The lowest BCUT2D eigenvalue weighted by atomic mass is 9.66. The second kappa shape index (κ2) is 1.82. The summed E-state index contributed by atoms with van der Waals surface area (Å²) in [5, 5.41) is 0. The molecule has 0 aromatic heterocycles. The molecule has 56 valence electrons. The van der Waals surface area contributed by atoms with Crippen LogP contribution in [0.2, 0.25) is 0 Å². The third-order valence-electron chi connectivity index (χ3n) is 2.86. The van der Waals surface area contributed by atoms with Gasteiger partial charge >= 0.3 is 0 Å². The highest BCUT2D eigenvalue weighted by molar-refractivity contribution is 5.93. The van der Waals surface area contributed by atoms with Gasteiger partial charge in [-0.3, -0.25) is 4.79 Å². The number of hydrogen-bond acceptors (Lipinski definition) is 2. The zero-order chi connectivity index (χ0) is 7.19. The Hall–Kier alpha value is -0.370. The lowest BCUT2D eigenvalue weighted by Crippen LogP contribution is -2.58. The number of ether oxygens (including phenoxy) is 1. The average molecular weight is 140 g/mol. The summed E-state index contributed by atoms with van der Waals surface area (Å²) in [7, 11) is 0. The lowest BCUT2D eigenvalue weighted by Gasteiger charge is -2.47. The molecule has 10 heavy (non-hydrogen) atoms. The van der Waals surface area contributed by atoms with Crippen LogP contribution >= 0.6 is 0 Å². The Morgan fingerprint density at radius 2 is 2.50 bits per heavy atom. The highest BCUT2D eigenvalue weighted by atomic mass is 16.5. The van der Waals surface area contributed by atoms with E-state index >= 15 is 0 Å². The van der Waals surface area contributed by atoms with E-state index in [1.807, 2.05) is 6.92 Å². The van der Waals surface area contributed by atoms with Crippen LogP contribution in [0.5, 0.6) is 0 Å². The van der Waals surface area contributed by atoms with E-state index < -0.39 is 0 Å². The van der Waals surface area contributed by atoms with Gasteiger partial charge in [-0.05, 0) is 19.8 Å². The largest absolute Gasteiger partial charge is 0.367 e. The highest BCUT2D eigenvalue weighted by Crippen LogP contribution is 2.43. The molecule has 1 aliphatic heterocycles. The summed E-state index contributed by atoms with van der Waals surface area (Å²) in [4.78, 5) is 11.1. The Morgan fingerprint density at radius 1 is 1.70 bits per heavy atom. The van der Waals surface area contributed by atoms with Crippen LogP contribution in [-0.4, -0.2) is 18.0 Å². The molecule has 2 heteroatoms. The number of ketones is 1. The summed E-state index contributed by atoms with van der Waals surface area (Å²) in [6.45, 7) is 2.71. The van der Waals surface area contributed by atoms with Crippen LogP contribution in [0, 0.1) is 5.92 Å².